The van der Waals surface area contributed by atoms with Crippen molar-refractivity contribution in [1.29, 1.82) is 0 Å². The monoisotopic (exact) mass is 1330 g/mol. The minimum Gasteiger partial charge on any atom is -0.265 e. The van der Waals surface area contributed by atoms with Crippen molar-refractivity contribution in [3.8, 4) is 89.9 Å². The molecule has 0 aliphatic heterocycles. The second-order valence-corrected chi connectivity index (χ2v) is 26.4. The molecule has 8 aromatic heterocycles. The summed E-state index contributed by atoms with van der Waals surface area (Å²) in [7, 11) is 8.21. The van der Waals surface area contributed by atoms with Crippen LogP contribution >= 0.6 is 0 Å². The fraction of sp³-hybridized carbons (Fsp3) is 0.159. The first-order valence-electron chi connectivity index (χ1n) is 34.2. The van der Waals surface area contributed by atoms with Crippen LogP contribution in [0.5, 0.6) is 0 Å². The van der Waals surface area contributed by atoms with E-state index in [0.29, 0.717) is 5.82 Å². The van der Waals surface area contributed by atoms with Crippen LogP contribution < -0.4 is 18.3 Å². The number of nitrogens with zero attached hydrogens (tertiary/aromatic N) is 14. The van der Waals surface area contributed by atoms with Gasteiger partial charge in [0.1, 0.15) is 35.4 Å². The van der Waals surface area contributed by atoms with E-state index in [2.05, 4.69) is 271 Å². The maximum absolute atomic E-state index is 4.76. The molecule has 0 amide bonds. The summed E-state index contributed by atoms with van der Waals surface area (Å²) in [5, 5.41) is 4.54. The number of benzene rings is 8. The Morgan fingerprint density at radius 3 is 1.11 bits per heavy atom. The highest BCUT2D eigenvalue weighted by atomic mass is 15.0. The standard InChI is InChI=1S/3C23H22N3.C19H16N5/c1-15-11-16(2)17(3)21(12-15)23-20-9-5-8-19(18-7-6-10-24-13-18)22(20)25-14-26(23)4;1-15-12-16(2)17(3)20(13-15)23-19-9-7-8-18(21-10-5-6-11-24-21)22(19)25-14-26(23)4;1-15-12-16(2)17(3)21(13-15)23-20-7-5-6-19(18-8-10-24-11-9-18)22(20)25-14-26(23)4;1-13-6-3-4-7-14(13)18-15-8-5-9-16(17(15)23-12-24(18)2)19-21-10-20-11-22-19/h3*5-14H,1-4H3;3-12H,1-2H3/q4*+1. The van der Waals surface area contributed by atoms with Gasteiger partial charge in [0.2, 0.25) is 0 Å². The number of hydrogen-bond donors (Lipinski definition) is 0. The Balaban J connectivity index is 0.000000121. The summed E-state index contributed by atoms with van der Waals surface area (Å²) in [4.78, 5) is 44.3. The summed E-state index contributed by atoms with van der Waals surface area (Å²) in [6.45, 7) is 21.7. The van der Waals surface area contributed by atoms with Crippen molar-refractivity contribution in [2.45, 2.75) is 69.2 Å². The molecule has 0 fully saturated rings. The lowest BCUT2D eigenvalue weighted by atomic mass is 9.94. The Bertz CT molecular complexity index is 5380. The van der Waals surface area contributed by atoms with Gasteiger partial charge in [0.15, 0.2) is 27.9 Å². The molecule has 0 unspecified atom stereocenters. The van der Waals surface area contributed by atoms with Crippen LogP contribution in [0, 0.1) is 69.2 Å². The van der Waals surface area contributed by atoms with Crippen molar-refractivity contribution in [2.75, 3.05) is 0 Å². The highest BCUT2D eigenvalue weighted by Crippen LogP contribution is 2.38. The van der Waals surface area contributed by atoms with E-state index in [1.54, 1.807) is 6.20 Å². The van der Waals surface area contributed by atoms with E-state index in [0.717, 1.165) is 88.4 Å². The molecule has 0 aliphatic rings. The second-order valence-electron chi connectivity index (χ2n) is 26.4. The van der Waals surface area contributed by atoms with Crippen LogP contribution in [-0.4, -0.2) is 49.8 Å². The van der Waals surface area contributed by atoms with Gasteiger partial charge in [-0.15, -0.1) is 0 Å². The number of aromatic nitrogens is 14. The first-order chi connectivity index (χ1) is 49.4. The number of pyridine rings is 3. The van der Waals surface area contributed by atoms with Gasteiger partial charge in [0, 0.05) is 69.9 Å². The summed E-state index contributed by atoms with van der Waals surface area (Å²) < 4.78 is 8.42. The summed E-state index contributed by atoms with van der Waals surface area (Å²) in [6, 6.07) is 61.2. The number of aryl methyl sites for hydroxylation is 11. The largest absolute Gasteiger partial charge is 0.287 e. The predicted molar refractivity (Wildman–Crippen MR) is 409 cm³/mol. The molecule has 0 aliphatic carbocycles. The molecule has 0 saturated carbocycles. The first-order valence-corrected chi connectivity index (χ1v) is 34.2. The first kappa shape index (κ1) is 68.1. The topological polar surface area (TPSA) is 144 Å². The van der Waals surface area contributed by atoms with Crippen LogP contribution in [0.25, 0.3) is 134 Å². The Kier molecular flexibility index (Phi) is 19.7. The average Bonchev–Trinajstić information content (AvgIpc) is 0.780. The van der Waals surface area contributed by atoms with Crippen molar-refractivity contribution >= 4 is 43.6 Å². The molecule has 0 bridgehead atoms. The van der Waals surface area contributed by atoms with Crippen LogP contribution in [0.2, 0.25) is 0 Å². The van der Waals surface area contributed by atoms with Gasteiger partial charge in [-0.1, -0.05) is 95.6 Å². The molecule has 0 spiro atoms. The second kappa shape index (κ2) is 29.6. The third-order valence-corrected chi connectivity index (χ3v) is 19.3. The minimum atomic E-state index is 0.632. The van der Waals surface area contributed by atoms with Gasteiger partial charge in [-0.2, -0.15) is 0 Å². The molecule has 0 saturated heterocycles. The maximum Gasteiger partial charge on any atom is 0.287 e. The predicted octanol–water partition coefficient (Wildman–Crippen LogP) is 17.0. The number of hydrogen-bond acceptors (Lipinski definition) is 10. The summed E-state index contributed by atoms with van der Waals surface area (Å²) in [6.07, 6.45) is 19.8. The Hall–Kier alpha value is -12.4. The molecule has 8 heterocycles. The normalized spacial score (nSPS) is 11.0. The molecular weight excluding hydrogens is 1250 g/mol. The summed E-state index contributed by atoms with van der Waals surface area (Å²) in [5.74, 6) is 0.632. The molecule has 8 aromatic carbocycles. The van der Waals surface area contributed by atoms with Crippen molar-refractivity contribution < 1.29 is 18.3 Å². The van der Waals surface area contributed by atoms with Crippen LogP contribution in [0.4, 0.5) is 0 Å². The molecule has 16 aromatic rings. The van der Waals surface area contributed by atoms with Gasteiger partial charge < -0.3 is 0 Å². The van der Waals surface area contributed by atoms with Gasteiger partial charge in [0.05, 0.1) is 66.6 Å². The van der Waals surface area contributed by atoms with Crippen molar-refractivity contribution in [2.24, 2.45) is 28.2 Å². The fourth-order valence-electron chi connectivity index (χ4n) is 13.9. The van der Waals surface area contributed by atoms with Gasteiger partial charge in [0.25, 0.3) is 25.3 Å². The van der Waals surface area contributed by atoms with Gasteiger partial charge >= 0.3 is 0 Å². The molecule has 500 valence electrons. The van der Waals surface area contributed by atoms with E-state index in [1.165, 1.54) is 108 Å². The van der Waals surface area contributed by atoms with Gasteiger partial charge in [-0.05, 0) is 231 Å². The number of para-hydroxylation sites is 4. The fourth-order valence-corrected chi connectivity index (χ4v) is 13.9. The molecule has 0 N–H and O–H groups in total. The van der Waals surface area contributed by atoms with Crippen LogP contribution in [0.15, 0.2) is 245 Å². The Morgan fingerprint density at radius 2 is 0.667 bits per heavy atom. The molecule has 102 heavy (non-hydrogen) atoms. The smallest absolute Gasteiger partial charge is 0.265 e. The van der Waals surface area contributed by atoms with E-state index >= 15 is 0 Å². The molecule has 0 atom stereocenters. The van der Waals surface area contributed by atoms with Crippen molar-refractivity contribution in [1.82, 2.24) is 49.8 Å². The lowest BCUT2D eigenvalue weighted by molar-refractivity contribution is -0.662. The van der Waals surface area contributed by atoms with E-state index in [1.807, 2.05) is 106 Å². The quantitative estimate of drug-likeness (QED) is 0.135. The lowest BCUT2D eigenvalue weighted by Gasteiger charge is -2.13. The van der Waals surface area contributed by atoms with E-state index in [9.17, 15) is 0 Å². The zero-order valence-corrected chi connectivity index (χ0v) is 60.4. The molecule has 14 nitrogen and oxygen atoms in total. The molecule has 16 rings (SSSR count). The zero-order valence-electron chi connectivity index (χ0n) is 60.4. The Labute approximate surface area is 596 Å². The van der Waals surface area contributed by atoms with E-state index in [-0.39, 0.29) is 0 Å². The van der Waals surface area contributed by atoms with Crippen LogP contribution in [0.3, 0.4) is 0 Å². The van der Waals surface area contributed by atoms with Crippen LogP contribution in [0.1, 0.15) is 55.6 Å². The lowest BCUT2D eigenvalue weighted by Crippen LogP contribution is -2.32. The highest BCUT2D eigenvalue weighted by Gasteiger charge is 2.26. The SMILES string of the molecule is Cc1cc(C)c(C)c(-c2c3cccc(-c4ccccn4)c3nc[n+]2C)c1.Cc1cc(C)c(C)c(-c2c3cccc(-c4cccnc4)c3nc[n+]2C)c1.Cc1cc(C)c(C)c(-c2c3cccc(-c4ccncc4)c3nc[n+]2C)c1.Cc1ccccc1-c1c2cccc(-c3ncncn3)c2nc[n+]1C. The Morgan fingerprint density at radius 1 is 0.265 bits per heavy atom. The maximum atomic E-state index is 4.76. The minimum absolute atomic E-state index is 0.632. The van der Waals surface area contributed by atoms with Crippen molar-refractivity contribution in [3.63, 3.8) is 0 Å². The van der Waals surface area contributed by atoms with E-state index < -0.39 is 0 Å². The average molecular weight is 1340 g/mol. The van der Waals surface area contributed by atoms with Gasteiger partial charge in [-0.25, -0.2) is 33.2 Å². The van der Waals surface area contributed by atoms with Gasteiger partial charge in [-0.3, -0.25) is 15.0 Å². The number of fused-ring (bicyclic) bond motifs is 4. The van der Waals surface area contributed by atoms with E-state index in [4.69, 9.17) is 15.0 Å². The summed E-state index contributed by atoms with van der Waals surface area (Å²) in [5.41, 5.74) is 33.9. The molecule has 0 radical (unpaired) electrons. The third kappa shape index (κ3) is 13.7. The highest BCUT2D eigenvalue weighted by molar-refractivity contribution is 6.03. The van der Waals surface area contributed by atoms with Crippen LogP contribution in [-0.2, 0) is 28.2 Å². The zero-order chi connectivity index (χ0) is 71.3. The van der Waals surface area contributed by atoms with Crippen molar-refractivity contribution in [3.05, 3.63) is 301 Å². The third-order valence-electron chi connectivity index (χ3n) is 19.3. The summed E-state index contributed by atoms with van der Waals surface area (Å²) >= 11 is 0. The molecule has 14 heteroatoms. The molecular formula is C88H82N14+4. The number of rotatable bonds is 8.